The number of rotatable bonds is 8. The smallest absolute Gasteiger partial charge is 0.348 e. The van der Waals surface area contributed by atoms with E-state index in [1.807, 2.05) is 60.7 Å². The summed E-state index contributed by atoms with van der Waals surface area (Å²) in [5.41, 5.74) is -0.811. The number of esters is 1. The van der Waals surface area contributed by atoms with Crippen LogP contribution >= 0.6 is 15.9 Å². The number of fused-ring (bicyclic) bond motifs is 3. The summed E-state index contributed by atoms with van der Waals surface area (Å²) in [6.07, 6.45) is 1.82. The fourth-order valence-corrected chi connectivity index (χ4v) is 5.96. The van der Waals surface area contributed by atoms with Crippen molar-refractivity contribution in [3.05, 3.63) is 101 Å². The van der Waals surface area contributed by atoms with Crippen LogP contribution in [0.15, 0.2) is 89.4 Å². The lowest BCUT2D eigenvalue weighted by Crippen LogP contribution is -2.65. The maximum Gasteiger partial charge on any atom is 0.348 e. The van der Waals surface area contributed by atoms with Crippen molar-refractivity contribution in [1.82, 2.24) is 0 Å². The molecule has 3 aromatic rings. The van der Waals surface area contributed by atoms with Gasteiger partial charge in [0.05, 0.1) is 17.6 Å². The third-order valence-corrected chi connectivity index (χ3v) is 8.29. The Balaban J connectivity index is 1.31. The molecule has 1 unspecified atom stereocenters. The molecule has 3 aliphatic rings. The molecule has 3 heterocycles. The monoisotopic (exact) mass is 536 g/mol. The molecule has 5 nitrogen and oxygen atoms in total. The topological polar surface area (TPSA) is 55.8 Å². The summed E-state index contributed by atoms with van der Waals surface area (Å²) in [6, 6.07) is 26.0. The lowest BCUT2D eigenvalue weighted by Gasteiger charge is -2.52. The van der Waals surface area contributed by atoms with Gasteiger partial charge in [-0.15, -0.1) is 0 Å². The molecule has 0 saturated carbocycles. The van der Waals surface area contributed by atoms with Gasteiger partial charge in [0.15, 0.2) is 6.10 Å². The number of piperidine rings is 3. The SMILES string of the molecule is O=C(OC1C[N+]2(CCOc3ccccc3Br)CCC1CC2)C(O)(c1ccccc1)c1ccccc1. The van der Waals surface area contributed by atoms with E-state index >= 15 is 0 Å². The molecule has 0 amide bonds. The summed E-state index contributed by atoms with van der Waals surface area (Å²) in [7, 11) is 0. The Bertz CT molecular complexity index is 1110. The predicted octanol–water partition coefficient (Wildman–Crippen LogP) is 4.92. The van der Waals surface area contributed by atoms with Gasteiger partial charge < -0.3 is 19.1 Å². The van der Waals surface area contributed by atoms with Gasteiger partial charge in [-0.1, -0.05) is 72.8 Å². The molecule has 3 saturated heterocycles. The fourth-order valence-electron chi connectivity index (χ4n) is 5.56. The van der Waals surface area contributed by atoms with Crippen molar-refractivity contribution in [3.8, 4) is 5.75 Å². The highest BCUT2D eigenvalue weighted by atomic mass is 79.9. The van der Waals surface area contributed by atoms with E-state index in [2.05, 4.69) is 15.9 Å². The highest BCUT2D eigenvalue weighted by Gasteiger charge is 2.50. The number of hydrogen-bond acceptors (Lipinski definition) is 4. The zero-order valence-electron chi connectivity index (χ0n) is 19.7. The number of carbonyl (C=O) groups excluding carboxylic acids is 1. The first kappa shape index (κ1) is 24.0. The van der Waals surface area contributed by atoms with Gasteiger partial charge in [-0.25, -0.2) is 4.79 Å². The van der Waals surface area contributed by atoms with Crippen LogP contribution < -0.4 is 4.74 Å². The van der Waals surface area contributed by atoms with Crippen molar-refractivity contribution in [2.75, 3.05) is 32.8 Å². The van der Waals surface area contributed by atoms with Gasteiger partial charge in [0.25, 0.3) is 0 Å². The number of benzene rings is 3. The van der Waals surface area contributed by atoms with Crippen molar-refractivity contribution >= 4 is 21.9 Å². The maximum atomic E-state index is 13.6. The molecule has 1 N–H and O–H groups in total. The molecule has 1 atom stereocenters. The van der Waals surface area contributed by atoms with Gasteiger partial charge in [-0.3, -0.25) is 0 Å². The van der Waals surface area contributed by atoms with Crippen LogP contribution in [0.1, 0.15) is 24.0 Å². The van der Waals surface area contributed by atoms with Gasteiger partial charge >= 0.3 is 5.97 Å². The van der Waals surface area contributed by atoms with Crippen molar-refractivity contribution in [2.24, 2.45) is 5.92 Å². The van der Waals surface area contributed by atoms with Crippen LogP contribution in [-0.2, 0) is 15.1 Å². The Hall–Kier alpha value is -2.67. The van der Waals surface area contributed by atoms with Crippen LogP contribution in [0.25, 0.3) is 0 Å². The van der Waals surface area contributed by atoms with Crippen LogP contribution in [0.5, 0.6) is 5.75 Å². The third-order valence-electron chi connectivity index (χ3n) is 7.64. The molecule has 2 bridgehead atoms. The molecule has 6 rings (SSSR count). The zero-order chi connectivity index (χ0) is 24.3. The second-order valence-corrected chi connectivity index (χ2v) is 10.6. The van der Waals surface area contributed by atoms with E-state index in [0.717, 1.165) is 53.7 Å². The predicted molar refractivity (Wildman–Crippen MR) is 138 cm³/mol. The van der Waals surface area contributed by atoms with Crippen molar-refractivity contribution in [1.29, 1.82) is 0 Å². The lowest BCUT2D eigenvalue weighted by atomic mass is 9.82. The van der Waals surface area contributed by atoms with E-state index in [1.54, 1.807) is 24.3 Å². The van der Waals surface area contributed by atoms with Crippen LogP contribution in [-0.4, -0.2) is 54.4 Å². The summed E-state index contributed by atoms with van der Waals surface area (Å²) in [5.74, 6) is 0.576. The average molecular weight is 537 g/mol. The molecule has 3 aromatic carbocycles. The maximum absolute atomic E-state index is 13.6. The molecule has 35 heavy (non-hydrogen) atoms. The van der Waals surface area contributed by atoms with Crippen molar-refractivity contribution in [2.45, 2.75) is 24.5 Å². The molecule has 182 valence electrons. The van der Waals surface area contributed by atoms with E-state index in [-0.39, 0.29) is 6.10 Å². The largest absolute Gasteiger partial charge is 0.487 e. The summed E-state index contributed by atoms with van der Waals surface area (Å²) >= 11 is 3.54. The first-order chi connectivity index (χ1) is 17.0. The number of nitrogens with zero attached hydrogens (tertiary/aromatic N) is 1. The Morgan fingerprint density at radius 1 is 0.914 bits per heavy atom. The number of hydrogen-bond donors (Lipinski definition) is 1. The first-order valence-electron chi connectivity index (χ1n) is 12.3. The minimum Gasteiger partial charge on any atom is -0.487 e. The number of halogens is 1. The number of ether oxygens (including phenoxy) is 2. The number of carbonyl (C=O) groups is 1. The minimum atomic E-state index is -1.85. The van der Waals surface area contributed by atoms with E-state index in [4.69, 9.17) is 9.47 Å². The van der Waals surface area contributed by atoms with Gasteiger partial charge in [-0.2, -0.15) is 0 Å². The fraction of sp³-hybridized carbons (Fsp3) is 0.345. The summed E-state index contributed by atoms with van der Waals surface area (Å²) < 4.78 is 14.0. The van der Waals surface area contributed by atoms with Crippen LogP contribution in [0, 0.1) is 5.92 Å². The second kappa shape index (κ2) is 10.1. The molecule has 3 fully saturated rings. The summed E-state index contributed by atoms with van der Waals surface area (Å²) in [6.45, 7) is 4.37. The Kier molecular flexibility index (Phi) is 6.96. The third kappa shape index (κ3) is 4.88. The Morgan fingerprint density at radius 3 is 2.09 bits per heavy atom. The van der Waals surface area contributed by atoms with Gasteiger partial charge in [0.2, 0.25) is 5.60 Å². The van der Waals surface area contributed by atoms with Crippen LogP contribution in [0.4, 0.5) is 0 Å². The van der Waals surface area contributed by atoms with E-state index < -0.39 is 11.6 Å². The molecular formula is C29H31BrNO4+. The number of quaternary nitrogens is 1. The first-order valence-corrected chi connectivity index (χ1v) is 13.1. The average Bonchev–Trinajstić information content (AvgIpc) is 2.91. The molecule has 0 aliphatic carbocycles. The van der Waals surface area contributed by atoms with Crippen molar-refractivity contribution in [3.63, 3.8) is 0 Å². The van der Waals surface area contributed by atoms with Gasteiger partial charge in [0.1, 0.15) is 25.4 Å². The number of para-hydroxylation sites is 1. The molecule has 6 heteroatoms. The molecule has 0 radical (unpaired) electrons. The highest BCUT2D eigenvalue weighted by Crippen LogP contribution is 2.38. The molecule has 0 spiro atoms. The van der Waals surface area contributed by atoms with Gasteiger partial charge in [0, 0.05) is 18.8 Å². The molecule has 3 aliphatic heterocycles. The highest BCUT2D eigenvalue weighted by molar-refractivity contribution is 9.10. The lowest BCUT2D eigenvalue weighted by molar-refractivity contribution is -0.946. The van der Waals surface area contributed by atoms with Crippen molar-refractivity contribution < 1.29 is 23.9 Å². The molecular weight excluding hydrogens is 506 g/mol. The van der Waals surface area contributed by atoms with E-state index in [1.165, 1.54) is 0 Å². The summed E-state index contributed by atoms with van der Waals surface area (Å²) in [4.78, 5) is 13.6. The Morgan fingerprint density at radius 2 is 1.49 bits per heavy atom. The van der Waals surface area contributed by atoms with Gasteiger partial charge in [-0.05, 0) is 39.2 Å². The van der Waals surface area contributed by atoms with Crippen LogP contribution in [0.3, 0.4) is 0 Å². The zero-order valence-corrected chi connectivity index (χ0v) is 21.3. The minimum absolute atomic E-state index is 0.215. The number of aliphatic hydroxyl groups is 1. The summed E-state index contributed by atoms with van der Waals surface area (Å²) in [5, 5.41) is 11.8. The standard InChI is InChI=1S/C29H31BrNO4/c30-25-13-7-8-14-26(25)34-20-19-31-17-15-22(16-18-31)27(21-31)35-28(32)29(33,23-9-3-1-4-10-23)24-11-5-2-6-12-24/h1-14,22,27,33H,15-21H2/q+1. The normalized spacial score (nSPS) is 23.6. The van der Waals surface area contributed by atoms with E-state index in [0.29, 0.717) is 23.7 Å². The Labute approximate surface area is 215 Å². The quantitative estimate of drug-likeness (QED) is 0.328. The second-order valence-electron chi connectivity index (χ2n) is 9.70. The van der Waals surface area contributed by atoms with E-state index in [9.17, 15) is 9.90 Å². The van der Waals surface area contributed by atoms with Crippen LogP contribution in [0.2, 0.25) is 0 Å². The molecule has 0 aromatic heterocycles.